The first kappa shape index (κ1) is 17.9. The van der Waals surface area contributed by atoms with Crippen molar-refractivity contribution in [2.24, 2.45) is 0 Å². The summed E-state index contributed by atoms with van der Waals surface area (Å²) in [6.45, 7) is 0. The van der Waals surface area contributed by atoms with Crippen molar-refractivity contribution in [2.75, 3.05) is 5.73 Å². The average molecular weight is 419 g/mol. The lowest BCUT2D eigenvalue weighted by atomic mass is 10.2. The van der Waals surface area contributed by atoms with E-state index >= 15 is 0 Å². The van der Waals surface area contributed by atoms with E-state index in [2.05, 4.69) is 4.98 Å². The SMILES string of the molecule is Nc1c(Cl)cc(-c2nc3c(S(=O)(=O)O)c(C(=O)O)ccc3s2)cc1Cl. The number of hydrogen-bond donors (Lipinski definition) is 3. The Kier molecular flexibility index (Phi) is 4.38. The molecule has 0 saturated carbocycles. The van der Waals surface area contributed by atoms with Crippen molar-refractivity contribution in [3.05, 3.63) is 39.9 Å². The van der Waals surface area contributed by atoms with E-state index in [-0.39, 0.29) is 21.2 Å². The summed E-state index contributed by atoms with van der Waals surface area (Å²) in [7, 11) is -4.81. The zero-order chi connectivity index (χ0) is 18.5. The van der Waals surface area contributed by atoms with Gasteiger partial charge in [0.05, 0.1) is 26.0 Å². The number of aromatic nitrogens is 1. The molecule has 7 nitrogen and oxygen atoms in total. The van der Waals surface area contributed by atoms with Gasteiger partial charge in [-0.15, -0.1) is 11.3 Å². The molecule has 130 valence electrons. The highest BCUT2D eigenvalue weighted by atomic mass is 35.5. The van der Waals surface area contributed by atoms with Crippen LogP contribution in [0.5, 0.6) is 0 Å². The molecule has 11 heteroatoms. The second kappa shape index (κ2) is 6.11. The van der Waals surface area contributed by atoms with Gasteiger partial charge in [-0.25, -0.2) is 9.78 Å². The number of aromatic carboxylic acids is 1. The fraction of sp³-hybridized carbons (Fsp3) is 0. The molecule has 0 saturated heterocycles. The van der Waals surface area contributed by atoms with Crippen molar-refractivity contribution in [3.8, 4) is 10.6 Å². The molecule has 0 atom stereocenters. The van der Waals surface area contributed by atoms with Crippen LogP contribution in [0.2, 0.25) is 10.0 Å². The number of hydrogen-bond acceptors (Lipinski definition) is 6. The normalized spacial score (nSPS) is 11.8. The highest BCUT2D eigenvalue weighted by Crippen LogP contribution is 2.38. The summed E-state index contributed by atoms with van der Waals surface area (Å²) >= 11 is 13.1. The van der Waals surface area contributed by atoms with Gasteiger partial charge in [-0.3, -0.25) is 4.55 Å². The van der Waals surface area contributed by atoms with Crippen LogP contribution in [0.3, 0.4) is 0 Å². The molecule has 0 aliphatic heterocycles. The van der Waals surface area contributed by atoms with Crippen molar-refractivity contribution >= 4 is 66.5 Å². The van der Waals surface area contributed by atoms with Crippen LogP contribution >= 0.6 is 34.5 Å². The molecule has 0 spiro atoms. The fourth-order valence-corrected chi connectivity index (χ4v) is 4.58. The van der Waals surface area contributed by atoms with Crippen LogP contribution in [-0.2, 0) is 10.1 Å². The van der Waals surface area contributed by atoms with E-state index in [0.29, 0.717) is 15.3 Å². The molecule has 4 N–H and O–H groups in total. The number of benzene rings is 2. The first-order valence-electron chi connectivity index (χ1n) is 6.49. The van der Waals surface area contributed by atoms with Gasteiger partial charge in [0.1, 0.15) is 15.4 Å². The molecule has 0 fully saturated rings. The number of nitrogen functional groups attached to an aromatic ring is 1. The van der Waals surface area contributed by atoms with Gasteiger partial charge in [0.2, 0.25) is 0 Å². The van der Waals surface area contributed by atoms with Gasteiger partial charge < -0.3 is 10.8 Å². The summed E-state index contributed by atoms with van der Waals surface area (Å²) in [4.78, 5) is 14.7. The largest absolute Gasteiger partial charge is 0.478 e. The molecule has 1 heterocycles. The molecule has 1 aromatic heterocycles. The van der Waals surface area contributed by atoms with Gasteiger partial charge in [0.25, 0.3) is 10.1 Å². The van der Waals surface area contributed by atoms with E-state index < -0.39 is 26.5 Å². The van der Waals surface area contributed by atoms with Crippen LogP contribution in [0.1, 0.15) is 10.4 Å². The van der Waals surface area contributed by atoms with Crippen molar-refractivity contribution in [2.45, 2.75) is 4.90 Å². The lowest BCUT2D eigenvalue weighted by Gasteiger charge is -2.04. The number of halogens is 2. The van der Waals surface area contributed by atoms with Crippen LogP contribution in [0, 0.1) is 0 Å². The molecule has 0 aliphatic rings. The monoisotopic (exact) mass is 418 g/mol. The highest BCUT2D eigenvalue weighted by Gasteiger charge is 2.26. The van der Waals surface area contributed by atoms with Gasteiger partial charge in [-0.1, -0.05) is 23.2 Å². The maximum Gasteiger partial charge on any atom is 0.337 e. The number of carbonyl (C=O) groups is 1. The Morgan fingerprint density at radius 2 is 1.80 bits per heavy atom. The molecule has 3 rings (SSSR count). The third-order valence-electron chi connectivity index (χ3n) is 3.33. The van der Waals surface area contributed by atoms with Gasteiger partial charge in [-0.2, -0.15) is 8.42 Å². The molecule has 0 bridgehead atoms. The average Bonchev–Trinajstić information content (AvgIpc) is 2.93. The van der Waals surface area contributed by atoms with Crippen LogP contribution in [0.25, 0.3) is 20.8 Å². The Bertz CT molecular complexity index is 1120. The predicted molar refractivity (Wildman–Crippen MR) is 96.3 cm³/mol. The van der Waals surface area contributed by atoms with Crippen LogP contribution in [-0.4, -0.2) is 29.0 Å². The van der Waals surface area contributed by atoms with Crippen molar-refractivity contribution in [3.63, 3.8) is 0 Å². The fourth-order valence-electron chi connectivity index (χ4n) is 2.23. The minimum atomic E-state index is -4.81. The zero-order valence-electron chi connectivity index (χ0n) is 12.0. The number of rotatable bonds is 3. The number of fused-ring (bicyclic) bond motifs is 1. The summed E-state index contributed by atoms with van der Waals surface area (Å²) in [6.07, 6.45) is 0. The Labute approximate surface area is 155 Å². The number of anilines is 1. The van der Waals surface area contributed by atoms with Crippen LogP contribution in [0.4, 0.5) is 5.69 Å². The minimum absolute atomic E-state index is 0.147. The summed E-state index contributed by atoms with van der Waals surface area (Å²) < 4.78 is 33.1. The van der Waals surface area contributed by atoms with Gasteiger partial charge in [-0.05, 0) is 24.3 Å². The van der Waals surface area contributed by atoms with E-state index in [9.17, 15) is 17.8 Å². The number of carboxylic acid groups (broad SMARTS) is 1. The van der Waals surface area contributed by atoms with E-state index in [1.165, 1.54) is 18.2 Å². The van der Waals surface area contributed by atoms with Crippen molar-refractivity contribution < 1.29 is 22.9 Å². The lowest BCUT2D eigenvalue weighted by molar-refractivity contribution is 0.0692. The quantitative estimate of drug-likeness (QED) is 0.435. The van der Waals surface area contributed by atoms with Gasteiger partial charge >= 0.3 is 5.97 Å². The molecule has 0 unspecified atom stereocenters. The maximum atomic E-state index is 11.7. The lowest BCUT2D eigenvalue weighted by Crippen LogP contribution is -2.08. The summed E-state index contributed by atoms with van der Waals surface area (Å²) in [5.41, 5.74) is 5.63. The third-order valence-corrected chi connectivity index (χ3v) is 5.95. The summed E-state index contributed by atoms with van der Waals surface area (Å²) in [6, 6.07) is 5.52. The minimum Gasteiger partial charge on any atom is -0.478 e. The number of carboxylic acids is 1. The van der Waals surface area contributed by atoms with E-state index in [4.69, 9.17) is 34.0 Å². The van der Waals surface area contributed by atoms with E-state index in [1.807, 2.05) is 0 Å². The molecule has 2 aromatic carbocycles. The van der Waals surface area contributed by atoms with Crippen LogP contribution in [0.15, 0.2) is 29.2 Å². The van der Waals surface area contributed by atoms with Crippen LogP contribution < -0.4 is 5.73 Å². The molecule has 0 amide bonds. The first-order valence-corrected chi connectivity index (χ1v) is 9.50. The molecule has 0 aliphatic carbocycles. The Balaban J connectivity index is 2.34. The molecule has 3 aromatic rings. The molecular weight excluding hydrogens is 411 g/mol. The number of nitrogens with zero attached hydrogens (tertiary/aromatic N) is 1. The second-order valence-corrected chi connectivity index (χ2v) is 8.15. The summed E-state index contributed by atoms with van der Waals surface area (Å²) in [5, 5.41) is 9.90. The summed E-state index contributed by atoms with van der Waals surface area (Å²) in [5.74, 6) is -1.50. The zero-order valence-corrected chi connectivity index (χ0v) is 15.2. The van der Waals surface area contributed by atoms with Gasteiger partial charge in [0, 0.05) is 5.56 Å². The second-order valence-electron chi connectivity index (χ2n) is 4.94. The standard InChI is InChI=1S/C14H8Cl2N2O5S2/c15-7-3-5(4-8(16)10(7)17)13-18-11-9(24-13)2-1-6(14(19)20)12(11)25(21,22)23/h1-4H,17H2,(H,19,20)(H,21,22,23). The highest BCUT2D eigenvalue weighted by molar-refractivity contribution is 7.86. The predicted octanol–water partition coefficient (Wildman–Crippen LogP) is 3.80. The van der Waals surface area contributed by atoms with Gasteiger partial charge in [0.15, 0.2) is 0 Å². The Hall–Kier alpha value is -1.91. The Morgan fingerprint density at radius 3 is 2.32 bits per heavy atom. The number of nitrogens with two attached hydrogens (primary N) is 1. The topological polar surface area (TPSA) is 131 Å². The van der Waals surface area contributed by atoms with Crippen molar-refractivity contribution in [1.82, 2.24) is 4.98 Å². The first-order chi connectivity index (χ1) is 11.6. The molecular formula is C14H8Cl2N2O5S2. The van der Waals surface area contributed by atoms with E-state index in [1.54, 1.807) is 0 Å². The smallest absolute Gasteiger partial charge is 0.337 e. The number of thiazole rings is 1. The molecule has 0 radical (unpaired) electrons. The third kappa shape index (κ3) is 3.16. The van der Waals surface area contributed by atoms with E-state index in [0.717, 1.165) is 17.4 Å². The Morgan fingerprint density at radius 1 is 1.20 bits per heavy atom. The van der Waals surface area contributed by atoms with Crippen molar-refractivity contribution in [1.29, 1.82) is 0 Å². The maximum absolute atomic E-state index is 11.7. The molecule has 25 heavy (non-hydrogen) atoms.